The van der Waals surface area contributed by atoms with E-state index in [0.717, 1.165) is 44.4 Å². The van der Waals surface area contributed by atoms with E-state index in [0.29, 0.717) is 11.8 Å². The third-order valence-corrected chi connectivity index (χ3v) is 8.56. The molecule has 0 bridgehead atoms. The highest BCUT2D eigenvalue weighted by Gasteiger charge is 2.60. The maximum atomic E-state index is 12.3. The van der Waals surface area contributed by atoms with E-state index in [1.54, 1.807) is 0 Å². The normalized spacial score (nSPS) is 50.3. The predicted octanol–water partition coefficient (Wildman–Crippen LogP) is 4.10. The summed E-state index contributed by atoms with van der Waals surface area (Å²) in [6, 6.07) is 0. The van der Waals surface area contributed by atoms with E-state index in [1.165, 1.54) is 25.5 Å². The van der Waals surface area contributed by atoms with Gasteiger partial charge in [0.25, 0.3) is 0 Å². The van der Waals surface area contributed by atoms with E-state index in [-0.39, 0.29) is 28.8 Å². The minimum absolute atomic E-state index is 0.0116. The highest BCUT2D eigenvalue weighted by atomic mass is 16.5. The van der Waals surface area contributed by atoms with Crippen molar-refractivity contribution < 1.29 is 14.6 Å². The van der Waals surface area contributed by atoms with Crippen LogP contribution in [0.1, 0.15) is 65.2 Å². The molecule has 0 saturated heterocycles. The van der Waals surface area contributed by atoms with Crippen molar-refractivity contribution in [2.45, 2.75) is 71.3 Å². The number of carbonyl (C=O) groups excluding carboxylic acids is 1. The SMILES string of the molecule is COC(=O)C1CC[C@H]2[C@@H]3CC=C4CC(O)CC[C@]4(C)[C@@H]3CC[C@]12C. The van der Waals surface area contributed by atoms with Gasteiger partial charge in [0.15, 0.2) is 0 Å². The van der Waals surface area contributed by atoms with Crippen LogP contribution in [0.2, 0.25) is 0 Å². The number of allylic oxidation sites excluding steroid dienone is 1. The van der Waals surface area contributed by atoms with Gasteiger partial charge in [-0.1, -0.05) is 25.5 Å². The summed E-state index contributed by atoms with van der Waals surface area (Å²) in [6.07, 6.45) is 11.0. The van der Waals surface area contributed by atoms with Crippen LogP contribution >= 0.6 is 0 Å². The molecule has 0 radical (unpaired) electrons. The summed E-state index contributed by atoms with van der Waals surface area (Å²) in [5.41, 5.74) is 1.94. The first-order valence-electron chi connectivity index (χ1n) is 9.85. The van der Waals surface area contributed by atoms with Crippen molar-refractivity contribution in [2.75, 3.05) is 7.11 Å². The van der Waals surface area contributed by atoms with Gasteiger partial charge in [0.05, 0.1) is 19.1 Å². The number of ether oxygens (including phenoxy) is 1. The fraction of sp³-hybridized carbons (Fsp3) is 0.857. The van der Waals surface area contributed by atoms with Crippen molar-refractivity contribution in [1.29, 1.82) is 0 Å². The lowest BCUT2D eigenvalue weighted by Crippen LogP contribution is -2.51. The van der Waals surface area contributed by atoms with Gasteiger partial charge in [-0.25, -0.2) is 0 Å². The molecule has 4 aliphatic rings. The van der Waals surface area contributed by atoms with Crippen molar-refractivity contribution >= 4 is 5.97 Å². The first kappa shape index (κ1) is 16.6. The minimum Gasteiger partial charge on any atom is -0.469 e. The third kappa shape index (κ3) is 2.16. The zero-order chi connectivity index (χ0) is 17.1. The number of esters is 1. The van der Waals surface area contributed by atoms with Crippen LogP contribution in [0, 0.1) is 34.5 Å². The van der Waals surface area contributed by atoms with Gasteiger partial charge in [0.2, 0.25) is 0 Å². The van der Waals surface area contributed by atoms with Crippen LogP contribution in [-0.4, -0.2) is 24.3 Å². The summed E-state index contributed by atoms with van der Waals surface area (Å²) < 4.78 is 5.12. The van der Waals surface area contributed by atoms with Crippen molar-refractivity contribution in [3.05, 3.63) is 11.6 Å². The molecule has 0 spiro atoms. The molecule has 4 aliphatic carbocycles. The minimum atomic E-state index is -0.134. The van der Waals surface area contributed by atoms with Crippen LogP contribution in [0.5, 0.6) is 0 Å². The zero-order valence-corrected chi connectivity index (χ0v) is 15.4. The summed E-state index contributed by atoms with van der Waals surface area (Å²) in [6.45, 7) is 4.81. The Morgan fingerprint density at radius 3 is 2.71 bits per heavy atom. The van der Waals surface area contributed by atoms with Gasteiger partial charge in [-0.2, -0.15) is 0 Å². The summed E-state index contributed by atoms with van der Waals surface area (Å²) in [4.78, 5) is 12.3. The Morgan fingerprint density at radius 1 is 1.17 bits per heavy atom. The van der Waals surface area contributed by atoms with Crippen LogP contribution in [0.25, 0.3) is 0 Å². The van der Waals surface area contributed by atoms with Gasteiger partial charge >= 0.3 is 5.97 Å². The van der Waals surface area contributed by atoms with E-state index >= 15 is 0 Å². The van der Waals surface area contributed by atoms with Crippen molar-refractivity contribution in [3.8, 4) is 0 Å². The summed E-state index contributed by atoms with van der Waals surface area (Å²) >= 11 is 0. The standard InChI is InChI=1S/C21H32O3/c1-20-10-8-14(22)12-13(20)4-5-15-16-6-7-18(19(23)24-3)21(16,2)11-9-17(15)20/h4,14-18,22H,5-12H2,1-3H3/t14?,15-,16-,17+,18?,20-,21-/m0/s1. The molecule has 134 valence electrons. The maximum absolute atomic E-state index is 12.3. The van der Waals surface area contributed by atoms with Crippen LogP contribution in [0.4, 0.5) is 0 Å². The summed E-state index contributed by atoms with van der Waals surface area (Å²) in [5.74, 6) is 2.21. The van der Waals surface area contributed by atoms with E-state index in [4.69, 9.17) is 4.74 Å². The molecule has 2 unspecified atom stereocenters. The van der Waals surface area contributed by atoms with E-state index in [9.17, 15) is 9.90 Å². The molecule has 0 aromatic heterocycles. The van der Waals surface area contributed by atoms with Crippen LogP contribution in [-0.2, 0) is 9.53 Å². The molecule has 7 atom stereocenters. The van der Waals surface area contributed by atoms with E-state index in [1.807, 2.05) is 0 Å². The average molecular weight is 332 g/mol. The van der Waals surface area contributed by atoms with Crippen molar-refractivity contribution in [3.63, 3.8) is 0 Å². The van der Waals surface area contributed by atoms with Crippen LogP contribution in [0.15, 0.2) is 11.6 Å². The van der Waals surface area contributed by atoms with Gasteiger partial charge < -0.3 is 9.84 Å². The molecule has 0 aromatic rings. The molecule has 3 saturated carbocycles. The number of carbonyl (C=O) groups is 1. The molecular formula is C21H32O3. The summed E-state index contributed by atoms with van der Waals surface area (Å²) in [5, 5.41) is 10.1. The Balaban J connectivity index is 1.64. The first-order chi connectivity index (χ1) is 11.4. The van der Waals surface area contributed by atoms with Crippen LogP contribution < -0.4 is 0 Å². The van der Waals surface area contributed by atoms with Gasteiger partial charge in [0.1, 0.15) is 0 Å². The lowest BCUT2D eigenvalue weighted by molar-refractivity contribution is -0.152. The predicted molar refractivity (Wildman–Crippen MR) is 93.2 cm³/mol. The zero-order valence-electron chi connectivity index (χ0n) is 15.4. The Morgan fingerprint density at radius 2 is 1.96 bits per heavy atom. The molecule has 4 rings (SSSR count). The smallest absolute Gasteiger partial charge is 0.309 e. The second-order valence-electron chi connectivity index (χ2n) is 9.35. The van der Waals surface area contributed by atoms with Gasteiger partial charge in [-0.05, 0) is 80.0 Å². The van der Waals surface area contributed by atoms with E-state index < -0.39 is 0 Å². The number of methoxy groups -OCH3 is 1. The number of fused-ring (bicyclic) bond motifs is 5. The highest BCUT2D eigenvalue weighted by Crippen LogP contribution is 2.66. The first-order valence-corrected chi connectivity index (χ1v) is 9.85. The number of hydrogen-bond donors (Lipinski definition) is 1. The Labute approximate surface area is 145 Å². The van der Waals surface area contributed by atoms with Crippen molar-refractivity contribution in [2.24, 2.45) is 34.5 Å². The molecule has 0 aliphatic heterocycles. The lowest BCUT2D eigenvalue weighted by atomic mass is 9.47. The third-order valence-electron chi connectivity index (χ3n) is 8.56. The van der Waals surface area contributed by atoms with Gasteiger partial charge in [-0.3, -0.25) is 4.79 Å². The van der Waals surface area contributed by atoms with E-state index in [2.05, 4.69) is 19.9 Å². The molecule has 3 fully saturated rings. The monoisotopic (exact) mass is 332 g/mol. The number of aliphatic hydroxyl groups is 1. The molecule has 0 aromatic carbocycles. The Bertz CT molecular complexity index is 567. The molecule has 3 heteroatoms. The highest BCUT2D eigenvalue weighted by molar-refractivity contribution is 5.73. The number of aliphatic hydroxyl groups excluding tert-OH is 1. The van der Waals surface area contributed by atoms with Gasteiger partial charge in [-0.15, -0.1) is 0 Å². The Kier molecular flexibility index (Phi) is 3.87. The molecule has 3 nitrogen and oxygen atoms in total. The fourth-order valence-corrected chi connectivity index (χ4v) is 7.17. The fourth-order valence-electron chi connectivity index (χ4n) is 7.17. The number of hydrogen-bond acceptors (Lipinski definition) is 3. The molecule has 0 heterocycles. The second kappa shape index (κ2) is 5.59. The molecule has 1 N–H and O–H groups in total. The topological polar surface area (TPSA) is 46.5 Å². The lowest BCUT2D eigenvalue weighted by Gasteiger charge is -2.57. The summed E-state index contributed by atoms with van der Waals surface area (Å²) in [7, 11) is 1.54. The Hall–Kier alpha value is -0.830. The number of rotatable bonds is 1. The van der Waals surface area contributed by atoms with Gasteiger partial charge in [0, 0.05) is 0 Å². The van der Waals surface area contributed by atoms with Crippen molar-refractivity contribution in [1.82, 2.24) is 0 Å². The second-order valence-corrected chi connectivity index (χ2v) is 9.35. The van der Waals surface area contributed by atoms with Crippen LogP contribution in [0.3, 0.4) is 0 Å². The maximum Gasteiger partial charge on any atom is 0.309 e. The molecule has 24 heavy (non-hydrogen) atoms. The largest absolute Gasteiger partial charge is 0.469 e. The molecule has 0 amide bonds. The quantitative estimate of drug-likeness (QED) is 0.581. The molecular weight excluding hydrogens is 300 g/mol. The average Bonchev–Trinajstić information content (AvgIpc) is 2.92.